The van der Waals surface area contributed by atoms with Crippen molar-refractivity contribution >= 4 is 5.97 Å². The van der Waals surface area contributed by atoms with Crippen LogP contribution in [-0.2, 0) is 14.3 Å². The minimum absolute atomic E-state index is 0.232. The summed E-state index contributed by atoms with van der Waals surface area (Å²) < 4.78 is 9.83. The molecule has 1 rings (SSSR count). The molecule has 1 atom stereocenters. The van der Waals surface area contributed by atoms with Gasteiger partial charge in [0.25, 0.3) is 0 Å². The first-order valence-electron chi connectivity index (χ1n) is 4.34. The van der Waals surface area contributed by atoms with E-state index in [-0.39, 0.29) is 12.1 Å². The lowest BCUT2D eigenvalue weighted by molar-refractivity contribution is -0.134. The van der Waals surface area contributed by atoms with Gasteiger partial charge in [-0.2, -0.15) is 0 Å². The number of methoxy groups -OCH3 is 1. The standard InChI is InChI=1S/C9H15NO3/c1-8-7-10(5-6-13-8)4-3-9(11)12-2/h3-4,8H,5-7H2,1-2H3. The Kier molecular flexibility index (Phi) is 3.76. The second-order valence-electron chi connectivity index (χ2n) is 3.02. The van der Waals surface area contributed by atoms with Crippen molar-refractivity contribution in [1.29, 1.82) is 0 Å². The van der Waals surface area contributed by atoms with Gasteiger partial charge in [0.1, 0.15) is 0 Å². The number of hydrogen-bond acceptors (Lipinski definition) is 4. The molecule has 4 heteroatoms. The van der Waals surface area contributed by atoms with Crippen LogP contribution >= 0.6 is 0 Å². The summed E-state index contributed by atoms with van der Waals surface area (Å²) in [5.74, 6) is -0.320. The summed E-state index contributed by atoms with van der Waals surface area (Å²) in [6, 6.07) is 0. The minimum atomic E-state index is -0.320. The molecular weight excluding hydrogens is 170 g/mol. The van der Waals surface area contributed by atoms with Crippen molar-refractivity contribution in [2.45, 2.75) is 13.0 Å². The first-order chi connectivity index (χ1) is 6.22. The average molecular weight is 185 g/mol. The Morgan fingerprint density at radius 1 is 1.69 bits per heavy atom. The molecule has 0 radical (unpaired) electrons. The topological polar surface area (TPSA) is 38.8 Å². The average Bonchev–Trinajstić information content (AvgIpc) is 2.14. The van der Waals surface area contributed by atoms with Crippen LogP contribution in [0.25, 0.3) is 0 Å². The number of rotatable bonds is 2. The van der Waals surface area contributed by atoms with E-state index in [4.69, 9.17) is 4.74 Å². The van der Waals surface area contributed by atoms with Gasteiger partial charge < -0.3 is 14.4 Å². The Morgan fingerprint density at radius 3 is 3.08 bits per heavy atom. The number of hydrogen-bond donors (Lipinski definition) is 0. The van der Waals surface area contributed by atoms with Crippen molar-refractivity contribution in [2.24, 2.45) is 0 Å². The normalized spacial score (nSPS) is 23.5. The van der Waals surface area contributed by atoms with E-state index >= 15 is 0 Å². The molecule has 0 N–H and O–H groups in total. The highest BCUT2D eigenvalue weighted by atomic mass is 16.5. The van der Waals surface area contributed by atoms with Gasteiger partial charge >= 0.3 is 5.97 Å². The summed E-state index contributed by atoms with van der Waals surface area (Å²) in [6.07, 6.45) is 3.42. The van der Waals surface area contributed by atoms with E-state index in [0.717, 1.165) is 13.1 Å². The highest BCUT2D eigenvalue weighted by Crippen LogP contribution is 2.04. The lowest BCUT2D eigenvalue weighted by Crippen LogP contribution is -2.37. The van der Waals surface area contributed by atoms with Crippen molar-refractivity contribution in [3.05, 3.63) is 12.3 Å². The molecule has 1 fully saturated rings. The third-order valence-corrected chi connectivity index (χ3v) is 1.90. The van der Waals surface area contributed by atoms with E-state index in [0.29, 0.717) is 6.61 Å². The van der Waals surface area contributed by atoms with Crippen LogP contribution in [0.1, 0.15) is 6.92 Å². The summed E-state index contributed by atoms with van der Waals surface area (Å²) >= 11 is 0. The predicted octanol–water partition coefficient (Wildman–Crippen LogP) is 0.394. The van der Waals surface area contributed by atoms with Gasteiger partial charge in [-0.25, -0.2) is 4.79 Å². The first kappa shape index (κ1) is 10.1. The van der Waals surface area contributed by atoms with Gasteiger partial charge in [-0.15, -0.1) is 0 Å². The lowest BCUT2D eigenvalue weighted by Gasteiger charge is -2.29. The quantitative estimate of drug-likeness (QED) is 0.461. The van der Waals surface area contributed by atoms with Gasteiger partial charge in [0.15, 0.2) is 0 Å². The Balaban J connectivity index is 2.35. The molecule has 4 nitrogen and oxygen atoms in total. The number of ether oxygens (including phenoxy) is 2. The lowest BCUT2D eigenvalue weighted by atomic mass is 10.3. The second kappa shape index (κ2) is 4.87. The summed E-state index contributed by atoms with van der Waals surface area (Å²) in [7, 11) is 1.37. The molecule has 1 saturated heterocycles. The van der Waals surface area contributed by atoms with Gasteiger partial charge in [0.2, 0.25) is 0 Å². The van der Waals surface area contributed by atoms with Crippen molar-refractivity contribution in [3.63, 3.8) is 0 Å². The van der Waals surface area contributed by atoms with Crippen LogP contribution in [0.5, 0.6) is 0 Å². The van der Waals surface area contributed by atoms with E-state index < -0.39 is 0 Å². The summed E-state index contributed by atoms with van der Waals surface area (Å²) in [5.41, 5.74) is 0. The SMILES string of the molecule is COC(=O)C=CN1CCOC(C)C1. The molecular formula is C9H15NO3. The van der Waals surface area contributed by atoms with Crippen molar-refractivity contribution in [1.82, 2.24) is 4.90 Å². The van der Waals surface area contributed by atoms with Crippen LogP contribution in [0.15, 0.2) is 12.3 Å². The number of carbonyl (C=O) groups excluding carboxylic acids is 1. The highest BCUT2D eigenvalue weighted by Gasteiger charge is 2.13. The monoisotopic (exact) mass is 185 g/mol. The van der Waals surface area contributed by atoms with Crippen LogP contribution in [0.3, 0.4) is 0 Å². The summed E-state index contributed by atoms with van der Waals surface area (Å²) in [6.45, 7) is 4.39. The van der Waals surface area contributed by atoms with E-state index in [9.17, 15) is 4.79 Å². The van der Waals surface area contributed by atoms with Crippen LogP contribution < -0.4 is 0 Å². The highest BCUT2D eigenvalue weighted by molar-refractivity contribution is 5.81. The summed E-state index contributed by atoms with van der Waals surface area (Å²) in [4.78, 5) is 12.8. The van der Waals surface area contributed by atoms with Gasteiger partial charge in [-0.05, 0) is 6.92 Å². The van der Waals surface area contributed by atoms with Gasteiger partial charge in [-0.3, -0.25) is 0 Å². The fourth-order valence-corrected chi connectivity index (χ4v) is 1.22. The zero-order valence-corrected chi connectivity index (χ0v) is 8.03. The molecule has 0 aromatic carbocycles. The largest absolute Gasteiger partial charge is 0.466 e. The Labute approximate surface area is 78.1 Å². The van der Waals surface area contributed by atoms with Crippen LogP contribution in [0.4, 0.5) is 0 Å². The molecule has 0 aromatic rings. The van der Waals surface area contributed by atoms with E-state index in [2.05, 4.69) is 4.74 Å². The van der Waals surface area contributed by atoms with E-state index in [1.165, 1.54) is 13.2 Å². The molecule has 0 bridgehead atoms. The van der Waals surface area contributed by atoms with Crippen LogP contribution in [0.2, 0.25) is 0 Å². The van der Waals surface area contributed by atoms with E-state index in [1.807, 2.05) is 11.8 Å². The summed E-state index contributed by atoms with van der Waals surface area (Å²) in [5, 5.41) is 0. The molecule has 1 heterocycles. The molecule has 1 unspecified atom stereocenters. The van der Waals surface area contributed by atoms with Gasteiger partial charge in [-0.1, -0.05) is 0 Å². The third-order valence-electron chi connectivity index (χ3n) is 1.90. The maximum atomic E-state index is 10.8. The van der Waals surface area contributed by atoms with Crippen LogP contribution in [-0.4, -0.2) is 43.8 Å². The Hall–Kier alpha value is -1.03. The zero-order valence-electron chi connectivity index (χ0n) is 8.03. The molecule has 74 valence electrons. The zero-order chi connectivity index (χ0) is 9.68. The van der Waals surface area contributed by atoms with Crippen molar-refractivity contribution in [3.8, 4) is 0 Å². The first-order valence-corrected chi connectivity index (χ1v) is 4.34. The predicted molar refractivity (Wildman–Crippen MR) is 48.1 cm³/mol. The van der Waals surface area contributed by atoms with Crippen molar-refractivity contribution < 1.29 is 14.3 Å². The molecule has 0 saturated carbocycles. The van der Waals surface area contributed by atoms with Gasteiger partial charge in [0.05, 0.1) is 19.8 Å². The Bertz CT molecular complexity index is 203. The molecule has 1 aliphatic rings. The van der Waals surface area contributed by atoms with E-state index in [1.54, 1.807) is 6.20 Å². The molecule has 0 spiro atoms. The minimum Gasteiger partial charge on any atom is -0.466 e. The van der Waals surface area contributed by atoms with Crippen LogP contribution in [0, 0.1) is 0 Å². The molecule has 1 aliphatic heterocycles. The fraction of sp³-hybridized carbons (Fsp3) is 0.667. The molecule has 0 aromatic heterocycles. The van der Waals surface area contributed by atoms with Crippen molar-refractivity contribution in [2.75, 3.05) is 26.8 Å². The third kappa shape index (κ3) is 3.46. The number of esters is 1. The molecule has 0 aliphatic carbocycles. The fourth-order valence-electron chi connectivity index (χ4n) is 1.22. The number of morpholine rings is 1. The smallest absolute Gasteiger partial charge is 0.331 e. The Morgan fingerprint density at radius 2 is 2.46 bits per heavy atom. The number of carbonyl (C=O) groups is 1. The maximum Gasteiger partial charge on any atom is 0.331 e. The number of nitrogens with zero attached hydrogens (tertiary/aromatic N) is 1. The molecule has 13 heavy (non-hydrogen) atoms. The molecule has 0 amide bonds. The second-order valence-corrected chi connectivity index (χ2v) is 3.02. The maximum absolute atomic E-state index is 10.8. The van der Waals surface area contributed by atoms with Gasteiger partial charge in [0, 0.05) is 25.4 Å².